The lowest BCUT2D eigenvalue weighted by Gasteiger charge is -2.18. The van der Waals surface area contributed by atoms with Gasteiger partial charge in [0.2, 0.25) is 5.91 Å². The molecule has 0 fully saturated rings. The molecule has 0 saturated carbocycles. The van der Waals surface area contributed by atoms with Crippen LogP contribution in [0.15, 0.2) is 48.5 Å². The number of nitrogens with one attached hydrogen (secondary N) is 1. The number of benzene rings is 2. The molecule has 120 valence electrons. The van der Waals surface area contributed by atoms with Gasteiger partial charge in [0.15, 0.2) is 0 Å². The zero-order valence-electron chi connectivity index (χ0n) is 13.2. The fourth-order valence-corrected chi connectivity index (χ4v) is 2.96. The van der Waals surface area contributed by atoms with Crippen molar-refractivity contribution in [1.29, 1.82) is 0 Å². The lowest BCUT2D eigenvalue weighted by Crippen LogP contribution is -2.34. The van der Waals surface area contributed by atoms with Crippen molar-refractivity contribution in [3.8, 4) is 5.75 Å². The van der Waals surface area contributed by atoms with Gasteiger partial charge in [-0.05, 0) is 35.7 Å². The van der Waals surface area contributed by atoms with E-state index < -0.39 is 6.10 Å². The molecule has 1 aliphatic carbocycles. The van der Waals surface area contributed by atoms with Crippen LogP contribution in [0.3, 0.4) is 0 Å². The number of amides is 1. The Morgan fingerprint density at radius 3 is 2.91 bits per heavy atom. The molecule has 4 nitrogen and oxygen atoms in total. The van der Waals surface area contributed by atoms with Crippen LogP contribution >= 0.6 is 0 Å². The van der Waals surface area contributed by atoms with Crippen molar-refractivity contribution in [2.45, 2.75) is 31.9 Å². The fourth-order valence-electron chi connectivity index (χ4n) is 2.96. The summed E-state index contributed by atoms with van der Waals surface area (Å²) >= 11 is 0. The fraction of sp³-hybridized carbons (Fsp3) is 0.316. The zero-order chi connectivity index (χ0) is 16.2. The highest BCUT2D eigenvalue weighted by atomic mass is 16.5. The Labute approximate surface area is 136 Å². The van der Waals surface area contributed by atoms with Gasteiger partial charge in [0, 0.05) is 6.42 Å². The highest BCUT2D eigenvalue weighted by molar-refractivity contribution is 5.77. The van der Waals surface area contributed by atoms with E-state index >= 15 is 0 Å². The Hall–Kier alpha value is -2.33. The van der Waals surface area contributed by atoms with E-state index in [2.05, 4.69) is 5.32 Å². The molecule has 3 rings (SSSR count). The summed E-state index contributed by atoms with van der Waals surface area (Å²) in [7, 11) is 0. The summed E-state index contributed by atoms with van der Waals surface area (Å²) in [6.07, 6.45) is 0.286. The second-order valence-corrected chi connectivity index (χ2v) is 5.93. The van der Waals surface area contributed by atoms with Crippen molar-refractivity contribution in [2.75, 3.05) is 6.61 Å². The predicted molar refractivity (Wildman–Crippen MR) is 88.3 cm³/mol. The van der Waals surface area contributed by atoms with Crippen LogP contribution in [-0.4, -0.2) is 23.7 Å². The number of aliphatic hydroxyl groups is 1. The number of carbonyl (C=O) groups is 1. The van der Waals surface area contributed by atoms with Gasteiger partial charge < -0.3 is 15.2 Å². The smallest absolute Gasteiger partial charge is 0.223 e. The van der Waals surface area contributed by atoms with Crippen LogP contribution in [0.25, 0.3) is 0 Å². The highest BCUT2D eigenvalue weighted by Gasteiger charge is 2.31. The van der Waals surface area contributed by atoms with Crippen molar-refractivity contribution in [1.82, 2.24) is 5.32 Å². The SMILES string of the molecule is Cc1cccc(OCCC(=O)N[C@@H]2c3ccccc3C[C@@H]2O)c1. The van der Waals surface area contributed by atoms with Gasteiger partial charge in [-0.3, -0.25) is 4.79 Å². The molecular weight excluding hydrogens is 290 g/mol. The van der Waals surface area contributed by atoms with E-state index in [0.717, 1.165) is 22.4 Å². The number of fused-ring (bicyclic) bond motifs is 1. The average Bonchev–Trinajstić information content (AvgIpc) is 2.83. The zero-order valence-corrected chi connectivity index (χ0v) is 13.2. The number of aryl methyl sites for hydroxylation is 1. The number of hydrogen-bond donors (Lipinski definition) is 2. The molecule has 1 amide bonds. The molecule has 23 heavy (non-hydrogen) atoms. The maximum atomic E-state index is 12.1. The summed E-state index contributed by atoms with van der Waals surface area (Å²) < 4.78 is 5.59. The first-order valence-electron chi connectivity index (χ1n) is 7.88. The predicted octanol–water partition coefficient (Wildman–Crippen LogP) is 2.54. The topological polar surface area (TPSA) is 58.6 Å². The Kier molecular flexibility index (Phi) is 4.63. The molecule has 0 radical (unpaired) electrons. The molecule has 0 aromatic heterocycles. The van der Waals surface area contributed by atoms with E-state index in [0.29, 0.717) is 13.0 Å². The van der Waals surface area contributed by atoms with Gasteiger partial charge >= 0.3 is 0 Å². The quantitative estimate of drug-likeness (QED) is 0.892. The van der Waals surface area contributed by atoms with Gasteiger partial charge in [-0.2, -0.15) is 0 Å². The summed E-state index contributed by atoms with van der Waals surface area (Å²) in [5, 5.41) is 13.1. The Morgan fingerprint density at radius 1 is 1.26 bits per heavy atom. The van der Waals surface area contributed by atoms with Gasteiger partial charge in [-0.25, -0.2) is 0 Å². The number of carbonyl (C=O) groups excluding carboxylic acids is 1. The average molecular weight is 311 g/mol. The van der Waals surface area contributed by atoms with E-state index in [-0.39, 0.29) is 18.4 Å². The molecular formula is C19H21NO3. The molecule has 2 aromatic carbocycles. The molecule has 0 unspecified atom stereocenters. The van der Waals surface area contributed by atoms with E-state index in [1.54, 1.807) is 0 Å². The molecule has 0 saturated heterocycles. The summed E-state index contributed by atoms with van der Waals surface area (Å²) in [4.78, 5) is 12.1. The molecule has 2 aromatic rings. The molecule has 2 atom stereocenters. The van der Waals surface area contributed by atoms with Crippen molar-refractivity contribution in [3.63, 3.8) is 0 Å². The van der Waals surface area contributed by atoms with Crippen LogP contribution < -0.4 is 10.1 Å². The maximum absolute atomic E-state index is 12.1. The molecule has 0 aliphatic heterocycles. The number of ether oxygens (including phenoxy) is 1. The van der Waals surface area contributed by atoms with E-state index in [1.807, 2.05) is 55.5 Å². The molecule has 1 aliphatic rings. The maximum Gasteiger partial charge on any atom is 0.223 e. The standard InChI is InChI=1S/C19H21NO3/c1-13-5-4-7-15(11-13)23-10-9-18(22)20-19-16-8-3-2-6-14(16)12-17(19)21/h2-8,11,17,19,21H,9-10,12H2,1H3,(H,20,22)/t17-,19+/m0/s1. The lowest BCUT2D eigenvalue weighted by atomic mass is 10.1. The van der Waals surface area contributed by atoms with Gasteiger partial charge in [-0.1, -0.05) is 36.4 Å². The van der Waals surface area contributed by atoms with E-state index in [9.17, 15) is 9.90 Å². The first-order valence-corrected chi connectivity index (χ1v) is 7.88. The normalized spacial score (nSPS) is 19.2. The molecule has 0 heterocycles. The van der Waals surface area contributed by atoms with E-state index in [4.69, 9.17) is 4.74 Å². The minimum absolute atomic E-state index is 0.113. The monoisotopic (exact) mass is 311 g/mol. The second kappa shape index (κ2) is 6.84. The van der Waals surface area contributed by atoms with Gasteiger partial charge in [0.25, 0.3) is 0 Å². The third-order valence-corrected chi connectivity index (χ3v) is 4.11. The van der Waals surface area contributed by atoms with Crippen molar-refractivity contribution < 1.29 is 14.6 Å². The summed E-state index contributed by atoms with van der Waals surface area (Å²) in [6, 6.07) is 15.2. The summed E-state index contributed by atoms with van der Waals surface area (Å²) in [5.41, 5.74) is 3.23. The summed E-state index contributed by atoms with van der Waals surface area (Å²) in [5.74, 6) is 0.655. The molecule has 0 bridgehead atoms. The number of aliphatic hydroxyl groups excluding tert-OH is 1. The van der Waals surface area contributed by atoms with Crippen LogP contribution in [0.1, 0.15) is 29.2 Å². The number of rotatable bonds is 5. The number of hydrogen-bond acceptors (Lipinski definition) is 3. The van der Waals surface area contributed by atoms with Gasteiger partial charge in [0.1, 0.15) is 5.75 Å². The van der Waals surface area contributed by atoms with Crippen LogP contribution in [0.4, 0.5) is 0 Å². The largest absolute Gasteiger partial charge is 0.493 e. The highest BCUT2D eigenvalue weighted by Crippen LogP contribution is 2.31. The molecule has 2 N–H and O–H groups in total. The molecule has 4 heteroatoms. The van der Waals surface area contributed by atoms with Gasteiger partial charge in [-0.15, -0.1) is 0 Å². The third kappa shape index (κ3) is 3.71. The Morgan fingerprint density at radius 2 is 2.09 bits per heavy atom. The van der Waals surface area contributed by atoms with Crippen molar-refractivity contribution in [2.24, 2.45) is 0 Å². The third-order valence-electron chi connectivity index (χ3n) is 4.11. The van der Waals surface area contributed by atoms with Crippen LogP contribution in [0.5, 0.6) is 5.75 Å². The molecule has 0 spiro atoms. The van der Waals surface area contributed by atoms with Crippen LogP contribution in [0, 0.1) is 6.92 Å². The van der Waals surface area contributed by atoms with Crippen molar-refractivity contribution in [3.05, 3.63) is 65.2 Å². The summed E-state index contributed by atoms with van der Waals surface area (Å²) in [6.45, 7) is 2.32. The van der Waals surface area contributed by atoms with Crippen LogP contribution in [0.2, 0.25) is 0 Å². The minimum atomic E-state index is -0.561. The Bertz CT molecular complexity index is 699. The van der Waals surface area contributed by atoms with E-state index in [1.165, 1.54) is 0 Å². The lowest BCUT2D eigenvalue weighted by molar-refractivity contribution is -0.123. The Balaban J connectivity index is 1.52. The minimum Gasteiger partial charge on any atom is -0.493 e. The first kappa shape index (κ1) is 15.6. The second-order valence-electron chi connectivity index (χ2n) is 5.93. The van der Waals surface area contributed by atoms with Gasteiger partial charge in [0.05, 0.1) is 25.2 Å². The van der Waals surface area contributed by atoms with Crippen molar-refractivity contribution >= 4 is 5.91 Å². The first-order chi connectivity index (χ1) is 11.1. The van der Waals surface area contributed by atoms with Crippen LogP contribution in [-0.2, 0) is 11.2 Å².